The van der Waals surface area contributed by atoms with Gasteiger partial charge in [-0.15, -0.1) is 5.10 Å². The van der Waals surface area contributed by atoms with Gasteiger partial charge in [-0.1, -0.05) is 0 Å². The second-order valence-corrected chi connectivity index (χ2v) is 2.62. The molecule has 0 fully saturated rings. The molecule has 8 heteroatoms. The van der Waals surface area contributed by atoms with Crippen LogP contribution in [0.3, 0.4) is 0 Å². The standard InChI is InChI=1S/C6H8F3N3O2/c1-12-4(2-13)10-11-5(12)14-3-6(7,8)9/h2,4,10H,3H2,1H3. The predicted molar refractivity (Wildman–Crippen MR) is 40.2 cm³/mol. The Balaban J connectivity index is 2.44. The number of hydrogen-bond donors (Lipinski definition) is 1. The van der Waals surface area contributed by atoms with E-state index in [1.165, 1.54) is 11.9 Å². The highest BCUT2D eigenvalue weighted by molar-refractivity contribution is 5.79. The number of nitrogens with zero attached hydrogens (tertiary/aromatic N) is 2. The number of nitrogens with one attached hydrogen (secondary N) is 1. The van der Waals surface area contributed by atoms with Crippen molar-refractivity contribution in [2.24, 2.45) is 5.10 Å². The summed E-state index contributed by atoms with van der Waals surface area (Å²) in [5.74, 6) is 0. The van der Waals surface area contributed by atoms with E-state index in [1.54, 1.807) is 0 Å². The molecule has 1 rings (SSSR count). The van der Waals surface area contributed by atoms with Gasteiger partial charge >= 0.3 is 12.2 Å². The van der Waals surface area contributed by atoms with E-state index >= 15 is 0 Å². The van der Waals surface area contributed by atoms with Gasteiger partial charge in [0.2, 0.25) is 0 Å². The molecule has 14 heavy (non-hydrogen) atoms. The summed E-state index contributed by atoms with van der Waals surface area (Å²) in [7, 11) is 1.40. The first-order chi connectivity index (χ1) is 6.44. The minimum Gasteiger partial charge on any atom is -0.454 e. The molecule has 0 aromatic carbocycles. The zero-order valence-corrected chi connectivity index (χ0v) is 7.21. The lowest BCUT2D eigenvalue weighted by Crippen LogP contribution is -2.39. The minimum absolute atomic E-state index is 0.251. The van der Waals surface area contributed by atoms with Crippen LogP contribution < -0.4 is 5.43 Å². The molecule has 0 spiro atoms. The van der Waals surface area contributed by atoms with Gasteiger partial charge in [0.25, 0.3) is 0 Å². The molecule has 1 atom stereocenters. The Morgan fingerprint density at radius 3 is 2.79 bits per heavy atom. The number of ether oxygens (including phenoxy) is 1. The van der Waals surface area contributed by atoms with Crippen LogP contribution in [0.15, 0.2) is 5.10 Å². The number of alkyl halides is 3. The van der Waals surface area contributed by atoms with Crippen LogP contribution in [0.5, 0.6) is 0 Å². The number of aldehydes is 1. The predicted octanol–water partition coefficient (Wildman–Crippen LogP) is -0.104. The fraction of sp³-hybridized carbons (Fsp3) is 0.667. The molecule has 0 amide bonds. The zero-order chi connectivity index (χ0) is 10.8. The molecule has 1 heterocycles. The molecular weight excluding hydrogens is 203 g/mol. The van der Waals surface area contributed by atoms with E-state index in [0.29, 0.717) is 6.29 Å². The van der Waals surface area contributed by atoms with E-state index in [4.69, 9.17) is 0 Å². The summed E-state index contributed by atoms with van der Waals surface area (Å²) < 4.78 is 39.5. The molecule has 1 aliphatic heterocycles. The third-order valence-electron chi connectivity index (χ3n) is 1.51. The van der Waals surface area contributed by atoms with Crippen LogP contribution in [0.2, 0.25) is 0 Å². The normalized spacial score (nSPS) is 21.6. The third-order valence-corrected chi connectivity index (χ3v) is 1.51. The van der Waals surface area contributed by atoms with Gasteiger partial charge in [0.05, 0.1) is 0 Å². The molecular formula is C6H8F3N3O2. The highest BCUT2D eigenvalue weighted by atomic mass is 19.4. The van der Waals surface area contributed by atoms with Crippen LogP contribution in [0.25, 0.3) is 0 Å². The average Bonchev–Trinajstić information content (AvgIpc) is 2.42. The van der Waals surface area contributed by atoms with Crippen molar-refractivity contribution in [2.45, 2.75) is 12.3 Å². The van der Waals surface area contributed by atoms with Gasteiger partial charge < -0.3 is 9.64 Å². The van der Waals surface area contributed by atoms with Crippen LogP contribution in [-0.4, -0.2) is 43.2 Å². The summed E-state index contributed by atoms with van der Waals surface area (Å²) >= 11 is 0. The summed E-state index contributed by atoms with van der Waals surface area (Å²) in [6.45, 7) is -1.43. The molecule has 1 unspecified atom stereocenters. The quantitative estimate of drug-likeness (QED) is 0.648. The second-order valence-electron chi connectivity index (χ2n) is 2.62. The van der Waals surface area contributed by atoms with Crippen LogP contribution in [0.1, 0.15) is 0 Å². The molecule has 0 aromatic heterocycles. The maximum absolute atomic E-state index is 11.7. The Labute approximate surface area is 77.5 Å². The molecule has 0 saturated carbocycles. The Morgan fingerprint density at radius 2 is 2.36 bits per heavy atom. The Kier molecular flexibility index (Phi) is 2.82. The maximum atomic E-state index is 11.7. The second kappa shape index (κ2) is 3.72. The minimum atomic E-state index is -4.41. The van der Waals surface area contributed by atoms with Crippen LogP contribution in [0, 0.1) is 0 Å². The monoisotopic (exact) mass is 211 g/mol. The molecule has 1 N–H and O–H groups in total. The summed E-state index contributed by atoms with van der Waals surface area (Å²) in [5.41, 5.74) is 2.30. The SMILES string of the molecule is CN1C(OCC(F)(F)F)=NNC1C=O. The summed E-state index contributed by atoms with van der Waals surface area (Å²) in [5, 5.41) is 3.41. The summed E-state index contributed by atoms with van der Waals surface area (Å²) in [6, 6.07) is -0.251. The number of carbonyl (C=O) groups is 1. The summed E-state index contributed by atoms with van der Waals surface area (Å²) in [6.07, 6.45) is -4.67. The van der Waals surface area contributed by atoms with Crippen molar-refractivity contribution in [1.82, 2.24) is 10.3 Å². The first-order valence-corrected chi connectivity index (χ1v) is 3.65. The van der Waals surface area contributed by atoms with Crippen molar-refractivity contribution in [3.05, 3.63) is 0 Å². The molecule has 0 aromatic rings. The van der Waals surface area contributed by atoms with Gasteiger partial charge in [0.15, 0.2) is 19.1 Å². The van der Waals surface area contributed by atoms with E-state index in [9.17, 15) is 18.0 Å². The Bertz CT molecular complexity index is 253. The van der Waals surface area contributed by atoms with Gasteiger partial charge in [-0.05, 0) is 0 Å². The average molecular weight is 211 g/mol. The Hall–Kier alpha value is -1.47. The first kappa shape index (κ1) is 10.6. The number of carbonyl (C=O) groups excluding carboxylic acids is 1. The third kappa shape index (κ3) is 2.51. The smallest absolute Gasteiger partial charge is 0.422 e. The van der Waals surface area contributed by atoms with Crippen molar-refractivity contribution in [1.29, 1.82) is 0 Å². The number of likely N-dealkylation sites (N-methyl/N-ethyl adjacent to an activating group) is 1. The highest BCUT2D eigenvalue weighted by Gasteiger charge is 2.32. The van der Waals surface area contributed by atoms with E-state index < -0.39 is 18.9 Å². The highest BCUT2D eigenvalue weighted by Crippen LogP contribution is 2.15. The molecule has 80 valence electrons. The fourth-order valence-electron chi connectivity index (χ4n) is 0.808. The number of hydrogen-bond acceptors (Lipinski definition) is 5. The molecule has 5 nitrogen and oxygen atoms in total. The maximum Gasteiger partial charge on any atom is 0.422 e. The number of hydrazone groups is 1. The van der Waals surface area contributed by atoms with Gasteiger partial charge in [-0.25, -0.2) is 0 Å². The van der Waals surface area contributed by atoms with Crippen molar-refractivity contribution >= 4 is 12.3 Å². The lowest BCUT2D eigenvalue weighted by atomic mass is 10.5. The van der Waals surface area contributed by atoms with E-state index in [-0.39, 0.29) is 6.02 Å². The number of rotatable bonds is 2. The van der Waals surface area contributed by atoms with Gasteiger partial charge in [0, 0.05) is 7.05 Å². The van der Waals surface area contributed by atoms with E-state index in [1.807, 2.05) is 0 Å². The Morgan fingerprint density at radius 1 is 1.71 bits per heavy atom. The van der Waals surface area contributed by atoms with Crippen LogP contribution in [0.4, 0.5) is 13.2 Å². The number of halogens is 3. The van der Waals surface area contributed by atoms with Crippen molar-refractivity contribution in [3.8, 4) is 0 Å². The first-order valence-electron chi connectivity index (χ1n) is 3.65. The lowest BCUT2D eigenvalue weighted by Gasteiger charge is -2.17. The van der Waals surface area contributed by atoms with Gasteiger partial charge in [-0.2, -0.15) is 13.2 Å². The number of amidine groups is 1. The largest absolute Gasteiger partial charge is 0.454 e. The van der Waals surface area contributed by atoms with Crippen LogP contribution in [-0.2, 0) is 9.53 Å². The van der Waals surface area contributed by atoms with E-state index in [0.717, 1.165) is 0 Å². The fourth-order valence-corrected chi connectivity index (χ4v) is 0.808. The molecule has 0 aliphatic carbocycles. The van der Waals surface area contributed by atoms with Crippen molar-refractivity contribution < 1.29 is 22.7 Å². The summed E-state index contributed by atoms with van der Waals surface area (Å²) in [4.78, 5) is 11.5. The molecule has 0 saturated heterocycles. The molecule has 1 aliphatic rings. The van der Waals surface area contributed by atoms with Gasteiger partial charge in [0.1, 0.15) is 0 Å². The molecule has 0 bridgehead atoms. The van der Waals surface area contributed by atoms with Crippen molar-refractivity contribution in [3.63, 3.8) is 0 Å². The molecule has 0 radical (unpaired) electrons. The van der Waals surface area contributed by atoms with Gasteiger partial charge in [-0.3, -0.25) is 10.2 Å². The zero-order valence-electron chi connectivity index (χ0n) is 7.21. The lowest BCUT2D eigenvalue weighted by molar-refractivity contribution is -0.157. The van der Waals surface area contributed by atoms with Crippen LogP contribution >= 0.6 is 0 Å². The van der Waals surface area contributed by atoms with Crippen molar-refractivity contribution in [2.75, 3.05) is 13.7 Å². The topological polar surface area (TPSA) is 53.9 Å². The van der Waals surface area contributed by atoms with E-state index in [2.05, 4.69) is 15.3 Å².